The Hall–Kier alpha value is 0.967. The molecule has 7 heteroatoms. The maximum Gasteiger partial charge on any atom is 0.199 e. The van der Waals surface area contributed by atoms with E-state index in [1.165, 1.54) is 0 Å². The number of halogens is 3. The summed E-state index contributed by atoms with van der Waals surface area (Å²) >= 11 is 0. The van der Waals surface area contributed by atoms with Gasteiger partial charge in [0.15, 0.2) is 5.57 Å². The van der Waals surface area contributed by atoms with Gasteiger partial charge in [0.25, 0.3) is 0 Å². The number of hydrogen-bond donors (Lipinski definition) is 0. The van der Waals surface area contributed by atoms with Gasteiger partial charge in [0, 0.05) is 44.2 Å². The van der Waals surface area contributed by atoms with Crippen LogP contribution in [0.5, 0.6) is 0 Å². The molecule has 0 amide bonds. The number of nitrogens with zero attached hydrogens (tertiary/aromatic N) is 1. The summed E-state index contributed by atoms with van der Waals surface area (Å²) in [4.78, 5) is 0. The molecule has 0 aromatic carbocycles. The van der Waals surface area contributed by atoms with Crippen LogP contribution >= 0.6 is 0 Å². The van der Waals surface area contributed by atoms with E-state index >= 15 is 0 Å². The zero-order chi connectivity index (χ0) is 3.58. The quantitative estimate of drug-likeness (QED) is 0.423. The molecule has 0 atom stereocenters. The molecule has 0 aliphatic rings. The first kappa shape index (κ1) is 24.6. The SMILES string of the molecule is FN(F)F.[Co].[Ni].[Si]. The predicted molar refractivity (Wildman–Crippen MR) is 10.9 cm³/mol. The van der Waals surface area contributed by atoms with E-state index in [1.807, 2.05) is 0 Å². The largest absolute Gasteiger partial charge is 0.199 e. The third-order valence-electron chi connectivity index (χ3n) is 0. The first-order chi connectivity index (χ1) is 1.73. The van der Waals surface area contributed by atoms with Gasteiger partial charge in [0.1, 0.15) is 0 Å². The van der Waals surface area contributed by atoms with Crippen molar-refractivity contribution in [2.24, 2.45) is 0 Å². The Labute approximate surface area is 63.6 Å². The van der Waals surface area contributed by atoms with Gasteiger partial charge in [-0.3, -0.25) is 0 Å². The molecule has 0 bridgehead atoms. The minimum Gasteiger partial charge on any atom is -0.0662 e. The predicted octanol–water partition coefficient (Wildman–Crippen LogP) is 0.556. The molecule has 1 nitrogen and oxygen atoms in total. The topological polar surface area (TPSA) is 3.24 Å². The van der Waals surface area contributed by atoms with Crippen molar-refractivity contribution in [3.05, 3.63) is 0 Å². The molecule has 0 fully saturated rings. The fourth-order valence-corrected chi connectivity index (χ4v) is 0. The Kier molecular flexibility index (Phi) is 55.3. The molecule has 0 aliphatic heterocycles. The van der Waals surface area contributed by atoms with Gasteiger partial charge in [-0.05, 0) is 0 Å². The Morgan fingerprint density at radius 3 is 1.00 bits per heavy atom. The van der Waals surface area contributed by atoms with E-state index in [1.54, 1.807) is 0 Å². The van der Waals surface area contributed by atoms with Gasteiger partial charge in [-0.25, -0.2) is 0 Å². The molecule has 0 rings (SSSR count). The summed E-state index contributed by atoms with van der Waals surface area (Å²) in [6, 6.07) is 0. The van der Waals surface area contributed by atoms with Crippen LogP contribution in [0.2, 0.25) is 0 Å². The normalized spacial score (nSPS) is 5.14. The van der Waals surface area contributed by atoms with E-state index < -0.39 is 5.57 Å². The summed E-state index contributed by atoms with van der Waals surface area (Å²) in [6.07, 6.45) is 0. The van der Waals surface area contributed by atoms with Gasteiger partial charge in [-0.2, -0.15) is 0 Å². The van der Waals surface area contributed by atoms with Gasteiger partial charge in [0.2, 0.25) is 0 Å². The summed E-state index contributed by atoms with van der Waals surface area (Å²) in [6.45, 7) is 0. The molecule has 0 aromatic heterocycles. The number of hydrogen-bond acceptors (Lipinski definition) is 1. The summed E-state index contributed by atoms with van der Waals surface area (Å²) in [5, 5.41) is 0. The van der Waals surface area contributed by atoms with Crippen molar-refractivity contribution in [2.45, 2.75) is 0 Å². The van der Waals surface area contributed by atoms with E-state index in [0.717, 1.165) is 0 Å². The van der Waals surface area contributed by atoms with Crippen molar-refractivity contribution in [1.82, 2.24) is 5.57 Å². The van der Waals surface area contributed by atoms with Crippen LogP contribution in [0, 0.1) is 0 Å². The molecule has 0 N–H and O–H groups in total. The summed E-state index contributed by atoms with van der Waals surface area (Å²) in [7, 11) is 0. The molecule has 0 unspecified atom stereocenters. The maximum atomic E-state index is 9.50. The van der Waals surface area contributed by atoms with Crippen molar-refractivity contribution < 1.29 is 46.7 Å². The molecule has 0 heterocycles. The van der Waals surface area contributed by atoms with Crippen LogP contribution in [0.1, 0.15) is 0 Å². The molecule has 49 valence electrons. The average Bonchev–Trinajstić information content (AvgIpc) is 0.811. The number of rotatable bonds is 0. The second-order valence-corrected chi connectivity index (χ2v) is 0.192. The minimum atomic E-state index is -2.50. The maximum absolute atomic E-state index is 9.50. The van der Waals surface area contributed by atoms with Crippen molar-refractivity contribution in [1.29, 1.82) is 0 Å². The van der Waals surface area contributed by atoms with Crippen LogP contribution in [0.15, 0.2) is 0 Å². The van der Waals surface area contributed by atoms with E-state index in [9.17, 15) is 13.4 Å². The third-order valence-corrected chi connectivity index (χ3v) is 0. The van der Waals surface area contributed by atoms with Crippen molar-refractivity contribution in [3.8, 4) is 0 Å². The molecular formula is CoF3NNiSi. The van der Waals surface area contributed by atoms with Crippen molar-refractivity contribution in [3.63, 3.8) is 0 Å². The Morgan fingerprint density at radius 1 is 1.00 bits per heavy atom. The molecule has 0 aliphatic carbocycles. The second kappa shape index (κ2) is 15.8. The molecule has 5 radical (unpaired) electrons. The Bertz CT molecular complexity index is 19.7. The van der Waals surface area contributed by atoms with Gasteiger partial charge in [0.05, 0.1) is 0 Å². The molecule has 0 saturated heterocycles. The Balaban J connectivity index is -0.0000000150. The van der Waals surface area contributed by atoms with Crippen LogP contribution in [0.25, 0.3) is 0 Å². The molecule has 0 aromatic rings. The van der Waals surface area contributed by atoms with E-state index in [4.69, 9.17) is 0 Å². The summed E-state index contributed by atoms with van der Waals surface area (Å²) in [5.41, 5.74) is -2.50. The van der Waals surface area contributed by atoms with Gasteiger partial charge in [-0.1, -0.05) is 13.4 Å². The smallest absolute Gasteiger partial charge is 0.0662 e. The van der Waals surface area contributed by atoms with Crippen molar-refractivity contribution in [2.75, 3.05) is 0 Å². The molecule has 0 saturated carbocycles. The van der Waals surface area contributed by atoms with E-state index in [0.29, 0.717) is 0 Å². The van der Waals surface area contributed by atoms with Gasteiger partial charge in [-0.15, -0.1) is 0 Å². The molecule has 0 spiro atoms. The first-order valence-corrected chi connectivity index (χ1v) is 0.507. The van der Waals surface area contributed by atoms with Crippen LogP contribution in [0.4, 0.5) is 13.4 Å². The zero-order valence-corrected chi connectivity index (χ0v) is 5.76. The first-order valence-electron chi connectivity index (χ1n) is 0.507. The van der Waals surface area contributed by atoms with Crippen LogP contribution in [0.3, 0.4) is 0 Å². The van der Waals surface area contributed by atoms with Crippen LogP contribution in [-0.4, -0.2) is 16.5 Å². The fourth-order valence-electron chi connectivity index (χ4n) is 0. The van der Waals surface area contributed by atoms with Crippen LogP contribution in [-0.2, 0) is 33.3 Å². The minimum absolute atomic E-state index is 0. The summed E-state index contributed by atoms with van der Waals surface area (Å²) < 4.78 is 28.5. The molecule has 7 heavy (non-hydrogen) atoms. The van der Waals surface area contributed by atoms with E-state index in [-0.39, 0.29) is 44.2 Å². The van der Waals surface area contributed by atoms with E-state index in [2.05, 4.69) is 0 Å². The van der Waals surface area contributed by atoms with Crippen molar-refractivity contribution >= 4 is 11.0 Å². The van der Waals surface area contributed by atoms with Gasteiger partial charge >= 0.3 is 0 Å². The Morgan fingerprint density at radius 2 is 1.00 bits per heavy atom. The average molecular weight is 217 g/mol. The third kappa shape index (κ3) is 184. The monoisotopic (exact) mass is 216 g/mol. The van der Waals surface area contributed by atoms with Gasteiger partial charge < -0.3 is 0 Å². The second-order valence-electron chi connectivity index (χ2n) is 0.192. The zero-order valence-electron chi connectivity index (χ0n) is 2.73. The standard InChI is InChI=1S/Co.F3N.Ni.Si/c;1-4(2)3;;. The summed E-state index contributed by atoms with van der Waals surface area (Å²) in [5.74, 6) is 0. The van der Waals surface area contributed by atoms with Crippen LogP contribution < -0.4 is 0 Å². The fraction of sp³-hybridized carbons (Fsp3) is 0. The molecular weight excluding hydrogens is 217 g/mol.